The Balaban J connectivity index is 1.52. The molecule has 6 nitrogen and oxygen atoms in total. The summed E-state index contributed by atoms with van der Waals surface area (Å²) in [7, 11) is 0. The van der Waals surface area contributed by atoms with Gasteiger partial charge < -0.3 is 20.1 Å². The van der Waals surface area contributed by atoms with E-state index in [0.29, 0.717) is 50.4 Å². The van der Waals surface area contributed by atoms with E-state index in [1.807, 2.05) is 24.3 Å². The van der Waals surface area contributed by atoms with E-state index >= 15 is 0 Å². The van der Waals surface area contributed by atoms with Gasteiger partial charge in [0.25, 0.3) is 0 Å². The number of carbonyl (C=O) groups is 2. The van der Waals surface area contributed by atoms with Gasteiger partial charge in [-0.1, -0.05) is 23.7 Å². The van der Waals surface area contributed by atoms with Gasteiger partial charge >= 0.3 is 12.0 Å². The van der Waals surface area contributed by atoms with E-state index in [1.165, 1.54) is 0 Å². The number of rotatable bonds is 3. The molecule has 2 N–H and O–H groups in total. The highest BCUT2D eigenvalue weighted by molar-refractivity contribution is 6.30. The highest BCUT2D eigenvalue weighted by Crippen LogP contribution is 2.26. The summed E-state index contributed by atoms with van der Waals surface area (Å²) in [6.45, 7) is 1.55. The van der Waals surface area contributed by atoms with Gasteiger partial charge in [-0.3, -0.25) is 4.79 Å². The minimum absolute atomic E-state index is 0.0555. The Kier molecular flexibility index (Phi) is 5.81. The smallest absolute Gasteiger partial charge is 0.317 e. The van der Waals surface area contributed by atoms with Gasteiger partial charge in [0.05, 0.1) is 19.1 Å². The molecule has 1 aliphatic heterocycles. The largest absolute Gasteiger partial charge is 0.481 e. The van der Waals surface area contributed by atoms with Crippen molar-refractivity contribution < 1.29 is 19.4 Å². The number of hydrogen-bond acceptors (Lipinski definition) is 3. The number of hydrogen-bond donors (Lipinski definition) is 2. The van der Waals surface area contributed by atoms with Crippen molar-refractivity contribution in [1.29, 1.82) is 0 Å². The van der Waals surface area contributed by atoms with Gasteiger partial charge in [0, 0.05) is 17.6 Å². The third-order valence-electron chi connectivity index (χ3n) is 5.00. The Morgan fingerprint density at radius 1 is 1.16 bits per heavy atom. The Morgan fingerprint density at radius 2 is 1.84 bits per heavy atom. The van der Waals surface area contributed by atoms with E-state index in [1.54, 1.807) is 4.90 Å². The quantitative estimate of drug-likeness (QED) is 0.861. The van der Waals surface area contributed by atoms with E-state index in [9.17, 15) is 9.59 Å². The standard InChI is InChI=1S/C18H23ClN2O4/c19-14-5-1-12(2-6-14)16-11-21(9-10-25-16)18(24)20-15-7-3-13(4-8-15)17(22)23/h1-2,5-6,13,15-16H,3-4,7-11H2,(H,20,24)(H,22,23). The first-order chi connectivity index (χ1) is 12.0. The number of amides is 2. The van der Waals surface area contributed by atoms with Gasteiger partial charge in [-0.25, -0.2) is 4.79 Å². The van der Waals surface area contributed by atoms with Crippen LogP contribution in [-0.2, 0) is 9.53 Å². The molecule has 136 valence electrons. The Labute approximate surface area is 152 Å². The molecule has 1 heterocycles. The number of nitrogens with zero attached hydrogens (tertiary/aromatic N) is 1. The van der Waals surface area contributed by atoms with Gasteiger partial charge in [0.15, 0.2) is 0 Å². The van der Waals surface area contributed by atoms with Gasteiger partial charge in [-0.15, -0.1) is 0 Å². The zero-order valence-corrected chi connectivity index (χ0v) is 14.7. The zero-order chi connectivity index (χ0) is 17.8. The van der Waals surface area contributed by atoms with Crippen LogP contribution in [0.25, 0.3) is 0 Å². The van der Waals surface area contributed by atoms with Crippen molar-refractivity contribution in [2.45, 2.75) is 37.8 Å². The lowest BCUT2D eigenvalue weighted by atomic mass is 9.86. The van der Waals surface area contributed by atoms with Gasteiger partial charge in [0.1, 0.15) is 6.10 Å². The van der Waals surface area contributed by atoms with Crippen LogP contribution in [0.4, 0.5) is 4.79 Å². The van der Waals surface area contributed by atoms with Crippen LogP contribution in [-0.4, -0.2) is 47.7 Å². The molecule has 1 aromatic carbocycles. The van der Waals surface area contributed by atoms with Crippen molar-refractivity contribution in [3.8, 4) is 0 Å². The zero-order valence-electron chi connectivity index (χ0n) is 14.0. The first-order valence-electron chi connectivity index (χ1n) is 8.68. The van der Waals surface area contributed by atoms with Crippen molar-refractivity contribution in [2.75, 3.05) is 19.7 Å². The lowest BCUT2D eigenvalue weighted by Gasteiger charge is -2.35. The molecule has 2 aliphatic rings. The first kappa shape index (κ1) is 18.0. The maximum atomic E-state index is 12.5. The summed E-state index contributed by atoms with van der Waals surface area (Å²) >= 11 is 5.92. The highest BCUT2D eigenvalue weighted by atomic mass is 35.5. The maximum Gasteiger partial charge on any atom is 0.317 e. The molecule has 1 aliphatic carbocycles. The lowest BCUT2D eigenvalue weighted by molar-refractivity contribution is -0.142. The van der Waals surface area contributed by atoms with Crippen LogP contribution in [0.15, 0.2) is 24.3 Å². The van der Waals surface area contributed by atoms with Crippen molar-refractivity contribution in [1.82, 2.24) is 10.2 Å². The molecule has 3 rings (SSSR count). The monoisotopic (exact) mass is 366 g/mol. The molecule has 1 saturated carbocycles. The number of ether oxygens (including phenoxy) is 1. The minimum Gasteiger partial charge on any atom is -0.481 e. The highest BCUT2D eigenvalue weighted by Gasteiger charge is 2.30. The second kappa shape index (κ2) is 8.06. The van der Waals surface area contributed by atoms with E-state index in [0.717, 1.165) is 5.56 Å². The van der Waals surface area contributed by atoms with E-state index in [4.69, 9.17) is 21.4 Å². The molecular weight excluding hydrogens is 344 g/mol. The molecule has 0 radical (unpaired) electrons. The predicted octanol–water partition coefficient (Wildman–Crippen LogP) is 3.07. The number of aliphatic carboxylic acids is 1. The van der Waals surface area contributed by atoms with E-state index in [-0.39, 0.29) is 24.1 Å². The molecule has 7 heteroatoms. The van der Waals surface area contributed by atoms with Crippen molar-refractivity contribution in [3.05, 3.63) is 34.9 Å². The normalized spacial score (nSPS) is 26.9. The molecule has 2 amide bonds. The number of carboxylic acids is 1. The van der Waals surface area contributed by atoms with Crippen LogP contribution in [0.1, 0.15) is 37.4 Å². The molecular formula is C18H23ClN2O4. The number of carboxylic acid groups (broad SMARTS) is 1. The molecule has 1 unspecified atom stereocenters. The molecule has 0 bridgehead atoms. The predicted molar refractivity (Wildman–Crippen MR) is 93.6 cm³/mol. The minimum atomic E-state index is -0.733. The maximum absolute atomic E-state index is 12.5. The molecule has 0 aromatic heterocycles. The van der Waals surface area contributed by atoms with Crippen LogP contribution < -0.4 is 5.32 Å². The van der Waals surface area contributed by atoms with Gasteiger partial charge in [-0.05, 0) is 43.4 Å². The SMILES string of the molecule is O=C(O)C1CCC(NC(=O)N2CCOC(c3ccc(Cl)cc3)C2)CC1. The van der Waals surface area contributed by atoms with Crippen LogP contribution in [0, 0.1) is 5.92 Å². The van der Waals surface area contributed by atoms with E-state index in [2.05, 4.69) is 5.32 Å². The average Bonchev–Trinajstić information content (AvgIpc) is 2.63. The lowest BCUT2D eigenvalue weighted by Crippen LogP contribution is -2.50. The average molecular weight is 367 g/mol. The number of morpholine rings is 1. The summed E-state index contributed by atoms with van der Waals surface area (Å²) in [5.41, 5.74) is 1.00. The summed E-state index contributed by atoms with van der Waals surface area (Å²) in [5, 5.41) is 12.8. The Bertz CT molecular complexity index is 614. The number of nitrogens with one attached hydrogen (secondary N) is 1. The van der Waals surface area contributed by atoms with Crippen LogP contribution in [0.2, 0.25) is 5.02 Å². The fraction of sp³-hybridized carbons (Fsp3) is 0.556. The number of halogens is 1. The van der Waals surface area contributed by atoms with Crippen molar-refractivity contribution >= 4 is 23.6 Å². The summed E-state index contributed by atoms with van der Waals surface area (Å²) in [6.07, 6.45) is 2.52. The van der Waals surface area contributed by atoms with Gasteiger partial charge in [-0.2, -0.15) is 0 Å². The third kappa shape index (κ3) is 4.64. The van der Waals surface area contributed by atoms with Crippen molar-refractivity contribution in [3.63, 3.8) is 0 Å². The summed E-state index contributed by atoms with van der Waals surface area (Å²) in [4.78, 5) is 25.3. The third-order valence-corrected chi connectivity index (χ3v) is 5.25. The molecule has 1 aromatic rings. The molecule has 0 spiro atoms. The number of carbonyl (C=O) groups excluding carboxylic acids is 1. The number of urea groups is 1. The van der Waals surface area contributed by atoms with E-state index < -0.39 is 5.97 Å². The molecule has 25 heavy (non-hydrogen) atoms. The summed E-state index contributed by atoms with van der Waals surface area (Å²) in [5.74, 6) is -1.01. The fourth-order valence-corrected chi connectivity index (χ4v) is 3.59. The summed E-state index contributed by atoms with van der Waals surface area (Å²) in [6, 6.07) is 7.43. The molecule has 1 atom stereocenters. The summed E-state index contributed by atoms with van der Waals surface area (Å²) < 4.78 is 5.78. The second-order valence-corrected chi connectivity index (χ2v) is 7.13. The van der Waals surface area contributed by atoms with Crippen LogP contribution >= 0.6 is 11.6 Å². The van der Waals surface area contributed by atoms with Gasteiger partial charge in [0.2, 0.25) is 0 Å². The fourth-order valence-electron chi connectivity index (χ4n) is 3.46. The molecule has 1 saturated heterocycles. The Morgan fingerprint density at radius 3 is 2.48 bits per heavy atom. The second-order valence-electron chi connectivity index (χ2n) is 6.69. The Hall–Kier alpha value is -1.79. The first-order valence-corrected chi connectivity index (χ1v) is 9.06. The topological polar surface area (TPSA) is 78.9 Å². The van der Waals surface area contributed by atoms with Crippen LogP contribution in [0.5, 0.6) is 0 Å². The number of benzene rings is 1. The van der Waals surface area contributed by atoms with Crippen LogP contribution in [0.3, 0.4) is 0 Å². The molecule has 2 fully saturated rings. The van der Waals surface area contributed by atoms with Crippen molar-refractivity contribution in [2.24, 2.45) is 5.92 Å².